The Morgan fingerprint density at radius 2 is 1.88 bits per heavy atom. The van der Waals surface area contributed by atoms with Gasteiger partial charge in [0.2, 0.25) is 5.91 Å². The first kappa shape index (κ1) is 16.5. The summed E-state index contributed by atoms with van der Waals surface area (Å²) in [5.41, 5.74) is 6.15. The van der Waals surface area contributed by atoms with E-state index in [0.29, 0.717) is 11.4 Å². The average Bonchev–Trinajstić information content (AvgIpc) is 2.96. The van der Waals surface area contributed by atoms with Crippen LogP contribution in [0.25, 0.3) is 22.7 Å². The lowest BCUT2D eigenvalue weighted by atomic mass is 10.1. The molecule has 0 fully saturated rings. The lowest BCUT2D eigenvalue weighted by Gasteiger charge is -2.02. The summed E-state index contributed by atoms with van der Waals surface area (Å²) >= 11 is 0. The predicted octanol–water partition coefficient (Wildman–Crippen LogP) is 4.20. The van der Waals surface area contributed by atoms with Crippen LogP contribution in [0, 0.1) is 25.2 Å². The first-order valence-electron chi connectivity index (χ1n) is 7.93. The molecule has 2 N–H and O–H groups in total. The van der Waals surface area contributed by atoms with Crippen LogP contribution in [0.2, 0.25) is 0 Å². The van der Waals surface area contributed by atoms with E-state index in [1.165, 1.54) is 18.1 Å². The Labute approximate surface area is 146 Å². The van der Waals surface area contributed by atoms with Crippen molar-refractivity contribution in [1.82, 2.24) is 9.97 Å². The molecule has 3 aromatic rings. The van der Waals surface area contributed by atoms with E-state index in [0.717, 1.165) is 22.3 Å². The maximum atomic E-state index is 11.1. The Hall–Kier alpha value is -3.39. The van der Waals surface area contributed by atoms with Crippen molar-refractivity contribution < 1.29 is 4.79 Å². The molecule has 0 bridgehead atoms. The number of H-pyrrole nitrogens is 1. The van der Waals surface area contributed by atoms with Crippen LogP contribution in [-0.2, 0) is 4.79 Å². The molecule has 0 saturated carbocycles. The fraction of sp³-hybridized carbons (Fsp3) is 0.150. The SMILES string of the molecule is CC(=O)Nc1ccc(/C=C(/C#N)c2nc3cc(C)c(C)cc3[nH]2)cc1. The highest BCUT2D eigenvalue weighted by Crippen LogP contribution is 2.22. The molecule has 0 aliphatic heterocycles. The van der Waals surface area contributed by atoms with Gasteiger partial charge in [0.1, 0.15) is 11.9 Å². The van der Waals surface area contributed by atoms with Crippen LogP contribution in [0.15, 0.2) is 36.4 Å². The molecule has 1 aromatic heterocycles. The Balaban J connectivity index is 1.95. The lowest BCUT2D eigenvalue weighted by Crippen LogP contribution is -2.05. The number of fused-ring (bicyclic) bond motifs is 1. The van der Waals surface area contributed by atoms with Crippen LogP contribution in [0.1, 0.15) is 29.4 Å². The summed E-state index contributed by atoms with van der Waals surface area (Å²) in [6.07, 6.45) is 1.77. The average molecular weight is 330 g/mol. The second kappa shape index (κ2) is 6.62. The third-order valence-corrected chi connectivity index (χ3v) is 4.01. The van der Waals surface area contributed by atoms with Crippen LogP contribution in [0.4, 0.5) is 5.69 Å². The minimum absolute atomic E-state index is 0.117. The molecule has 5 nitrogen and oxygen atoms in total. The van der Waals surface area contributed by atoms with E-state index < -0.39 is 0 Å². The Kier molecular flexibility index (Phi) is 4.36. The van der Waals surface area contributed by atoms with Gasteiger partial charge in [0.05, 0.1) is 16.6 Å². The third-order valence-electron chi connectivity index (χ3n) is 4.01. The molecule has 0 saturated heterocycles. The van der Waals surface area contributed by atoms with Crippen molar-refractivity contribution >= 4 is 34.3 Å². The maximum absolute atomic E-state index is 11.1. The number of nitrogens with zero attached hydrogens (tertiary/aromatic N) is 2. The van der Waals surface area contributed by atoms with Gasteiger partial charge in [-0.25, -0.2) is 4.98 Å². The van der Waals surface area contributed by atoms with Gasteiger partial charge in [0, 0.05) is 12.6 Å². The van der Waals surface area contributed by atoms with Crippen LogP contribution in [0.5, 0.6) is 0 Å². The Morgan fingerprint density at radius 1 is 1.20 bits per heavy atom. The number of imidazole rings is 1. The number of hydrogen-bond acceptors (Lipinski definition) is 3. The third kappa shape index (κ3) is 3.59. The quantitative estimate of drug-likeness (QED) is 0.706. The fourth-order valence-electron chi connectivity index (χ4n) is 2.58. The molecule has 0 aliphatic rings. The van der Waals surface area contributed by atoms with Crippen LogP contribution >= 0.6 is 0 Å². The van der Waals surface area contributed by atoms with E-state index in [2.05, 4.69) is 21.4 Å². The number of hydrogen-bond donors (Lipinski definition) is 2. The van der Waals surface area contributed by atoms with Crippen molar-refractivity contribution in [2.75, 3.05) is 5.32 Å². The van der Waals surface area contributed by atoms with Gasteiger partial charge in [0.25, 0.3) is 0 Å². The summed E-state index contributed by atoms with van der Waals surface area (Å²) in [6, 6.07) is 13.5. The first-order chi connectivity index (χ1) is 12.0. The van der Waals surface area contributed by atoms with Crippen LogP contribution in [0.3, 0.4) is 0 Å². The van der Waals surface area contributed by atoms with Crippen molar-refractivity contribution in [1.29, 1.82) is 5.26 Å². The molecule has 1 amide bonds. The van der Waals surface area contributed by atoms with E-state index in [1.807, 2.05) is 38.1 Å². The number of benzene rings is 2. The molecular formula is C20H18N4O. The Bertz CT molecular complexity index is 981. The predicted molar refractivity (Wildman–Crippen MR) is 99.8 cm³/mol. The topological polar surface area (TPSA) is 81.6 Å². The van der Waals surface area contributed by atoms with E-state index in [-0.39, 0.29) is 5.91 Å². The zero-order valence-electron chi connectivity index (χ0n) is 14.3. The number of nitrogens with one attached hydrogen (secondary N) is 2. The number of aryl methyl sites for hydroxylation is 2. The van der Waals surface area contributed by atoms with Crippen molar-refractivity contribution in [3.63, 3.8) is 0 Å². The number of amides is 1. The molecule has 0 unspecified atom stereocenters. The molecule has 0 radical (unpaired) electrons. The number of rotatable bonds is 3. The molecule has 0 atom stereocenters. The molecule has 0 spiro atoms. The molecule has 124 valence electrons. The summed E-state index contributed by atoms with van der Waals surface area (Å²) in [6.45, 7) is 5.56. The fourth-order valence-corrected chi connectivity index (χ4v) is 2.58. The van der Waals surface area contributed by atoms with Gasteiger partial charge in [-0.3, -0.25) is 4.79 Å². The second-order valence-electron chi connectivity index (χ2n) is 6.01. The van der Waals surface area contributed by atoms with Gasteiger partial charge in [0.15, 0.2) is 0 Å². The summed E-state index contributed by atoms with van der Waals surface area (Å²) in [4.78, 5) is 18.8. The lowest BCUT2D eigenvalue weighted by molar-refractivity contribution is -0.114. The largest absolute Gasteiger partial charge is 0.337 e. The molecule has 3 rings (SSSR count). The monoisotopic (exact) mass is 330 g/mol. The summed E-state index contributed by atoms with van der Waals surface area (Å²) in [5, 5.41) is 12.2. The van der Waals surface area contributed by atoms with Gasteiger partial charge in [-0.2, -0.15) is 5.26 Å². The van der Waals surface area contributed by atoms with Gasteiger partial charge < -0.3 is 10.3 Å². The zero-order chi connectivity index (χ0) is 18.0. The number of carbonyl (C=O) groups excluding carboxylic acids is 1. The van der Waals surface area contributed by atoms with Crippen molar-refractivity contribution in [2.24, 2.45) is 0 Å². The number of nitriles is 1. The highest BCUT2D eigenvalue weighted by Gasteiger charge is 2.09. The number of anilines is 1. The highest BCUT2D eigenvalue weighted by molar-refractivity contribution is 5.91. The second-order valence-corrected chi connectivity index (χ2v) is 6.01. The van der Waals surface area contributed by atoms with Gasteiger partial charge in [-0.05, 0) is 60.9 Å². The standard InChI is InChI=1S/C20H18N4O/c1-12-8-18-19(9-13(12)2)24-20(23-18)16(11-21)10-15-4-6-17(7-5-15)22-14(3)25/h4-10H,1-3H3,(H,22,25)(H,23,24)/b16-10-. The summed E-state index contributed by atoms with van der Waals surface area (Å²) in [7, 11) is 0. The molecule has 2 aromatic carbocycles. The first-order valence-corrected chi connectivity index (χ1v) is 7.93. The van der Waals surface area contributed by atoms with Gasteiger partial charge in [-0.15, -0.1) is 0 Å². The van der Waals surface area contributed by atoms with Gasteiger partial charge >= 0.3 is 0 Å². The number of allylic oxidation sites excluding steroid dienone is 1. The van der Waals surface area contributed by atoms with E-state index in [1.54, 1.807) is 18.2 Å². The zero-order valence-corrected chi connectivity index (χ0v) is 14.3. The minimum atomic E-state index is -0.117. The van der Waals surface area contributed by atoms with Gasteiger partial charge in [-0.1, -0.05) is 12.1 Å². The molecule has 1 heterocycles. The Morgan fingerprint density at radius 3 is 2.52 bits per heavy atom. The highest BCUT2D eigenvalue weighted by atomic mass is 16.1. The van der Waals surface area contributed by atoms with E-state index >= 15 is 0 Å². The normalized spacial score (nSPS) is 11.4. The maximum Gasteiger partial charge on any atom is 0.221 e. The van der Waals surface area contributed by atoms with E-state index in [4.69, 9.17) is 0 Å². The number of aromatic amines is 1. The number of carbonyl (C=O) groups is 1. The summed E-state index contributed by atoms with van der Waals surface area (Å²) in [5.74, 6) is 0.433. The molecule has 5 heteroatoms. The minimum Gasteiger partial charge on any atom is -0.337 e. The summed E-state index contributed by atoms with van der Waals surface area (Å²) < 4.78 is 0. The smallest absolute Gasteiger partial charge is 0.221 e. The number of aromatic nitrogens is 2. The van der Waals surface area contributed by atoms with Crippen molar-refractivity contribution in [3.05, 3.63) is 58.9 Å². The molecule has 25 heavy (non-hydrogen) atoms. The van der Waals surface area contributed by atoms with Crippen LogP contribution in [-0.4, -0.2) is 15.9 Å². The van der Waals surface area contributed by atoms with Crippen molar-refractivity contribution in [3.8, 4) is 6.07 Å². The van der Waals surface area contributed by atoms with E-state index in [9.17, 15) is 10.1 Å². The van der Waals surface area contributed by atoms with Crippen LogP contribution < -0.4 is 5.32 Å². The van der Waals surface area contributed by atoms with Crippen molar-refractivity contribution in [2.45, 2.75) is 20.8 Å². The molecule has 0 aliphatic carbocycles. The molecular weight excluding hydrogens is 312 g/mol.